The van der Waals surface area contributed by atoms with Crippen LogP contribution in [-0.4, -0.2) is 55.5 Å². The Hall–Kier alpha value is -3.30. The van der Waals surface area contributed by atoms with E-state index in [-0.39, 0.29) is 40.7 Å². The first-order valence-corrected chi connectivity index (χ1v) is 10.1. The second kappa shape index (κ2) is 9.47. The molecule has 2 unspecified atom stereocenters. The first-order chi connectivity index (χ1) is 14.4. The summed E-state index contributed by atoms with van der Waals surface area (Å²) >= 11 is 0. The monoisotopic (exact) mass is 414 g/mol. The van der Waals surface area contributed by atoms with Crippen LogP contribution < -0.4 is 5.32 Å². The van der Waals surface area contributed by atoms with E-state index in [1.807, 2.05) is 6.92 Å². The van der Waals surface area contributed by atoms with Gasteiger partial charge in [0.25, 0.3) is 11.6 Å². The molecular weight excluding hydrogens is 388 g/mol. The summed E-state index contributed by atoms with van der Waals surface area (Å²) in [5, 5.41) is 18.4. The number of nitro groups is 1. The Morgan fingerprint density at radius 1 is 1.33 bits per heavy atom. The van der Waals surface area contributed by atoms with Crippen molar-refractivity contribution in [1.29, 1.82) is 0 Å². The van der Waals surface area contributed by atoms with Crippen LogP contribution in [0, 0.1) is 16.0 Å². The topological polar surface area (TPSA) is 123 Å². The number of hydrogen-bond donors (Lipinski definition) is 1. The number of nitrogens with zero attached hydrogens (tertiary/aromatic N) is 5. The molecule has 1 N–H and O–H groups in total. The summed E-state index contributed by atoms with van der Waals surface area (Å²) in [6.07, 6.45) is 5.97. The normalized spacial score (nSPS) is 18.8. The number of benzene rings is 1. The van der Waals surface area contributed by atoms with Gasteiger partial charge in [-0.05, 0) is 38.3 Å². The number of carbonyl (C=O) groups excluding carboxylic acids is 2. The van der Waals surface area contributed by atoms with E-state index in [0.29, 0.717) is 25.9 Å². The summed E-state index contributed by atoms with van der Waals surface area (Å²) in [6.45, 7) is 4.92. The fourth-order valence-corrected chi connectivity index (χ4v) is 3.63. The molecule has 3 rings (SSSR count). The number of unbranched alkanes of at least 4 members (excludes halogenated alkanes) is 1. The Morgan fingerprint density at radius 2 is 2.13 bits per heavy atom. The number of likely N-dealkylation sites (tertiary alicyclic amines) is 1. The maximum atomic E-state index is 13.1. The Bertz CT molecular complexity index is 914. The molecule has 160 valence electrons. The minimum absolute atomic E-state index is 0.0411. The lowest BCUT2D eigenvalue weighted by Gasteiger charge is -2.37. The molecule has 0 aliphatic carbocycles. The van der Waals surface area contributed by atoms with Crippen molar-refractivity contribution in [2.24, 2.45) is 5.92 Å². The van der Waals surface area contributed by atoms with E-state index in [4.69, 9.17) is 0 Å². The number of aromatic nitrogens is 3. The minimum Gasteiger partial charge on any atom is -0.356 e. The minimum atomic E-state index is -0.544. The van der Waals surface area contributed by atoms with Gasteiger partial charge in [-0.2, -0.15) is 5.10 Å². The predicted octanol–water partition coefficient (Wildman–Crippen LogP) is 2.33. The van der Waals surface area contributed by atoms with Crippen LogP contribution in [0.15, 0.2) is 30.9 Å². The van der Waals surface area contributed by atoms with Crippen molar-refractivity contribution in [3.05, 3.63) is 46.5 Å². The highest BCUT2D eigenvalue weighted by molar-refractivity contribution is 5.96. The van der Waals surface area contributed by atoms with Gasteiger partial charge in [-0.1, -0.05) is 13.3 Å². The lowest BCUT2D eigenvalue weighted by atomic mass is 9.92. The van der Waals surface area contributed by atoms with Gasteiger partial charge in [0.1, 0.15) is 18.3 Å². The molecule has 2 heterocycles. The van der Waals surface area contributed by atoms with Gasteiger partial charge >= 0.3 is 0 Å². The van der Waals surface area contributed by atoms with Crippen molar-refractivity contribution >= 4 is 17.5 Å². The zero-order valence-corrected chi connectivity index (χ0v) is 17.2. The number of amides is 2. The second-order valence-electron chi connectivity index (χ2n) is 7.53. The molecule has 1 aromatic carbocycles. The summed E-state index contributed by atoms with van der Waals surface area (Å²) in [5.74, 6) is -0.631. The van der Waals surface area contributed by atoms with Gasteiger partial charge in [-0.3, -0.25) is 19.7 Å². The lowest BCUT2D eigenvalue weighted by molar-refractivity contribution is -0.384. The fourth-order valence-electron chi connectivity index (χ4n) is 3.63. The van der Waals surface area contributed by atoms with E-state index in [9.17, 15) is 19.7 Å². The average Bonchev–Trinajstić information content (AvgIpc) is 3.28. The molecular formula is C20H26N6O4. The lowest BCUT2D eigenvalue weighted by Crippen LogP contribution is -2.49. The van der Waals surface area contributed by atoms with E-state index in [1.54, 1.807) is 11.0 Å². The summed E-state index contributed by atoms with van der Waals surface area (Å²) in [4.78, 5) is 42.1. The molecule has 30 heavy (non-hydrogen) atoms. The van der Waals surface area contributed by atoms with Crippen molar-refractivity contribution < 1.29 is 14.5 Å². The van der Waals surface area contributed by atoms with Crippen LogP contribution in [0.2, 0.25) is 0 Å². The van der Waals surface area contributed by atoms with Crippen LogP contribution in [0.3, 0.4) is 0 Å². The molecule has 0 saturated carbocycles. The number of nitrogens with one attached hydrogen (secondary N) is 1. The van der Waals surface area contributed by atoms with Crippen molar-refractivity contribution in [3.63, 3.8) is 0 Å². The van der Waals surface area contributed by atoms with Crippen LogP contribution in [0.1, 0.15) is 49.9 Å². The Labute approximate surface area is 174 Å². The zero-order valence-electron chi connectivity index (χ0n) is 17.2. The van der Waals surface area contributed by atoms with Gasteiger partial charge in [0, 0.05) is 30.8 Å². The smallest absolute Gasteiger partial charge is 0.295 e. The first kappa shape index (κ1) is 21.4. The standard InChI is InChI=1S/C20H26N6O4/c1-3-4-9-22-19(27)16-6-5-14(2)24(11-16)20(28)15-7-8-17(18(10-15)26(29)30)25-13-21-12-23-25/h7-8,10,12-14,16H,3-6,9,11H2,1-2H3,(H,22,27). The summed E-state index contributed by atoms with van der Waals surface area (Å²) in [6, 6.07) is 4.25. The van der Waals surface area contributed by atoms with E-state index < -0.39 is 4.92 Å². The Balaban J connectivity index is 1.79. The molecule has 10 nitrogen and oxygen atoms in total. The predicted molar refractivity (Wildman–Crippen MR) is 109 cm³/mol. The van der Waals surface area contributed by atoms with Gasteiger partial charge in [-0.15, -0.1) is 0 Å². The summed E-state index contributed by atoms with van der Waals surface area (Å²) in [5.41, 5.74) is 0.211. The van der Waals surface area contributed by atoms with Crippen molar-refractivity contribution in [2.75, 3.05) is 13.1 Å². The second-order valence-corrected chi connectivity index (χ2v) is 7.53. The van der Waals surface area contributed by atoms with Crippen molar-refractivity contribution in [3.8, 4) is 5.69 Å². The third kappa shape index (κ3) is 4.64. The number of carbonyl (C=O) groups is 2. The maximum absolute atomic E-state index is 13.1. The maximum Gasteiger partial charge on any atom is 0.295 e. The molecule has 2 aromatic rings. The van der Waals surface area contributed by atoms with Gasteiger partial charge in [-0.25, -0.2) is 9.67 Å². The Kier molecular flexibility index (Phi) is 6.76. The summed E-state index contributed by atoms with van der Waals surface area (Å²) in [7, 11) is 0. The van der Waals surface area contributed by atoms with Gasteiger partial charge in [0.05, 0.1) is 10.8 Å². The molecule has 0 spiro atoms. The Morgan fingerprint density at radius 3 is 2.80 bits per heavy atom. The van der Waals surface area contributed by atoms with Gasteiger partial charge < -0.3 is 10.2 Å². The molecule has 1 aliphatic rings. The van der Waals surface area contributed by atoms with Crippen molar-refractivity contribution in [2.45, 2.75) is 45.6 Å². The number of rotatable bonds is 7. The molecule has 0 radical (unpaired) electrons. The third-order valence-electron chi connectivity index (χ3n) is 5.43. The fraction of sp³-hybridized carbons (Fsp3) is 0.500. The SMILES string of the molecule is CCCCNC(=O)C1CCC(C)N(C(=O)c2ccc(-n3cncn3)c([N+](=O)[O-])c2)C1. The molecule has 2 amide bonds. The quantitative estimate of drug-likeness (QED) is 0.421. The molecule has 1 aromatic heterocycles. The van der Waals surface area contributed by atoms with E-state index in [0.717, 1.165) is 12.8 Å². The first-order valence-electron chi connectivity index (χ1n) is 10.1. The number of hydrogen-bond acceptors (Lipinski definition) is 6. The van der Waals surface area contributed by atoms with Gasteiger partial charge in [0.2, 0.25) is 5.91 Å². The van der Waals surface area contributed by atoms with E-state index >= 15 is 0 Å². The molecule has 2 atom stereocenters. The average molecular weight is 414 g/mol. The number of piperidine rings is 1. The van der Waals surface area contributed by atoms with Crippen molar-refractivity contribution in [1.82, 2.24) is 25.0 Å². The third-order valence-corrected chi connectivity index (χ3v) is 5.43. The number of nitro benzene ring substituents is 1. The molecule has 10 heteroatoms. The van der Waals surface area contributed by atoms with Crippen LogP contribution in [0.25, 0.3) is 5.69 Å². The largest absolute Gasteiger partial charge is 0.356 e. The van der Waals surface area contributed by atoms with Crippen LogP contribution in [-0.2, 0) is 4.79 Å². The highest BCUT2D eigenvalue weighted by Crippen LogP contribution is 2.27. The summed E-state index contributed by atoms with van der Waals surface area (Å²) < 4.78 is 1.28. The highest BCUT2D eigenvalue weighted by Gasteiger charge is 2.33. The molecule has 1 aliphatic heterocycles. The van der Waals surface area contributed by atoms with Crippen LogP contribution >= 0.6 is 0 Å². The highest BCUT2D eigenvalue weighted by atomic mass is 16.6. The molecule has 1 saturated heterocycles. The van der Waals surface area contributed by atoms with E-state index in [1.165, 1.54) is 29.5 Å². The zero-order chi connectivity index (χ0) is 21.7. The molecule has 0 bridgehead atoms. The van der Waals surface area contributed by atoms with Gasteiger partial charge in [0.15, 0.2) is 0 Å². The van der Waals surface area contributed by atoms with Crippen LogP contribution in [0.4, 0.5) is 5.69 Å². The van der Waals surface area contributed by atoms with Crippen LogP contribution in [0.5, 0.6) is 0 Å². The molecule has 1 fully saturated rings. The van der Waals surface area contributed by atoms with E-state index in [2.05, 4.69) is 22.3 Å².